The lowest BCUT2D eigenvalue weighted by Crippen LogP contribution is -2.19. The molecule has 0 aliphatic heterocycles. The smallest absolute Gasteiger partial charge is 0.175 e. The van der Waals surface area contributed by atoms with Gasteiger partial charge in [0.25, 0.3) is 0 Å². The van der Waals surface area contributed by atoms with Crippen LogP contribution in [0.1, 0.15) is 0 Å². The summed E-state index contributed by atoms with van der Waals surface area (Å²) in [6.45, 7) is 0. The third-order valence-corrected chi connectivity index (χ3v) is 4.15. The van der Waals surface area contributed by atoms with Crippen LogP contribution in [0, 0.1) is 0 Å². The number of nitrogens with one attached hydrogen (secondary N) is 2. The van der Waals surface area contributed by atoms with E-state index in [4.69, 9.17) is 56.5 Å². The van der Waals surface area contributed by atoms with E-state index >= 15 is 0 Å². The molecule has 0 heterocycles. The Hall–Kier alpha value is -1.40. The van der Waals surface area contributed by atoms with Crippen LogP contribution in [0.15, 0.2) is 30.3 Å². The zero-order chi connectivity index (χ0) is 17.0. The van der Waals surface area contributed by atoms with Crippen molar-refractivity contribution in [3.05, 3.63) is 45.4 Å². The lowest BCUT2D eigenvalue weighted by atomic mass is 10.2. The van der Waals surface area contributed by atoms with E-state index in [1.807, 2.05) is 0 Å². The van der Waals surface area contributed by atoms with Crippen molar-refractivity contribution < 1.29 is 9.47 Å². The minimum absolute atomic E-state index is 0.328. The predicted octanol–water partition coefficient (Wildman–Crippen LogP) is 5.47. The lowest BCUT2D eigenvalue weighted by molar-refractivity contribution is 0.395. The number of methoxy groups -OCH3 is 2. The largest absolute Gasteiger partial charge is 0.497 e. The molecule has 0 saturated heterocycles. The van der Waals surface area contributed by atoms with E-state index in [2.05, 4.69) is 10.6 Å². The topological polar surface area (TPSA) is 42.5 Å². The standard InChI is InChI=1S/C15H13Cl3N2O2S/c1-21-8-3-4-12(14(5-8)22-2)19-15(23)20-13-7-10(17)9(16)6-11(13)18/h3-7H,1-2H3,(H2,19,20,23). The summed E-state index contributed by atoms with van der Waals surface area (Å²) in [6, 6.07) is 8.48. The normalized spacial score (nSPS) is 10.1. The van der Waals surface area contributed by atoms with Crippen molar-refractivity contribution >= 4 is 63.5 Å². The molecule has 0 spiro atoms. The van der Waals surface area contributed by atoms with Crippen molar-refractivity contribution in [2.24, 2.45) is 0 Å². The average Bonchev–Trinajstić information content (AvgIpc) is 2.53. The van der Waals surface area contributed by atoms with Gasteiger partial charge in [0, 0.05) is 6.07 Å². The molecule has 8 heteroatoms. The fourth-order valence-corrected chi connectivity index (χ4v) is 2.61. The van der Waals surface area contributed by atoms with Crippen LogP contribution in [0.4, 0.5) is 11.4 Å². The number of halogens is 3. The second-order valence-electron chi connectivity index (χ2n) is 4.39. The summed E-state index contributed by atoms with van der Waals surface area (Å²) in [5, 5.41) is 7.48. The highest BCUT2D eigenvalue weighted by Crippen LogP contribution is 2.33. The molecule has 0 aliphatic rings. The molecule has 2 rings (SSSR count). The maximum atomic E-state index is 6.11. The second-order valence-corrected chi connectivity index (χ2v) is 6.02. The van der Waals surface area contributed by atoms with Gasteiger partial charge in [-0.25, -0.2) is 0 Å². The van der Waals surface area contributed by atoms with Gasteiger partial charge in [0.1, 0.15) is 11.5 Å². The minimum Gasteiger partial charge on any atom is -0.497 e. The molecule has 122 valence electrons. The highest BCUT2D eigenvalue weighted by atomic mass is 35.5. The van der Waals surface area contributed by atoms with Gasteiger partial charge < -0.3 is 20.1 Å². The number of hydrogen-bond donors (Lipinski definition) is 2. The van der Waals surface area contributed by atoms with Gasteiger partial charge in [-0.05, 0) is 36.5 Å². The Morgan fingerprint density at radius 3 is 2.17 bits per heavy atom. The molecule has 0 bridgehead atoms. The first-order valence-corrected chi connectivity index (χ1v) is 7.93. The van der Waals surface area contributed by atoms with Gasteiger partial charge in [0.15, 0.2) is 5.11 Å². The predicted molar refractivity (Wildman–Crippen MR) is 101 cm³/mol. The number of benzene rings is 2. The van der Waals surface area contributed by atoms with E-state index in [1.54, 1.807) is 44.6 Å². The Morgan fingerprint density at radius 1 is 0.870 bits per heavy atom. The average molecular weight is 392 g/mol. The summed E-state index contributed by atoms with van der Waals surface area (Å²) in [6.07, 6.45) is 0. The molecule has 2 aromatic rings. The van der Waals surface area contributed by atoms with Crippen LogP contribution < -0.4 is 20.1 Å². The van der Waals surface area contributed by atoms with E-state index < -0.39 is 0 Å². The molecule has 2 aromatic carbocycles. The maximum absolute atomic E-state index is 6.11. The van der Waals surface area contributed by atoms with Crippen molar-refractivity contribution in [1.29, 1.82) is 0 Å². The van der Waals surface area contributed by atoms with E-state index in [9.17, 15) is 0 Å². The Bertz CT molecular complexity index is 741. The Labute approximate surface area is 154 Å². The monoisotopic (exact) mass is 390 g/mol. The third kappa shape index (κ3) is 4.54. The first-order valence-electron chi connectivity index (χ1n) is 6.39. The molecule has 0 aliphatic carbocycles. The van der Waals surface area contributed by atoms with Gasteiger partial charge in [-0.1, -0.05) is 34.8 Å². The molecule has 0 saturated carbocycles. The molecule has 0 amide bonds. The van der Waals surface area contributed by atoms with E-state index in [-0.39, 0.29) is 0 Å². The summed E-state index contributed by atoms with van der Waals surface area (Å²) in [4.78, 5) is 0. The quantitative estimate of drug-likeness (QED) is 0.534. The van der Waals surface area contributed by atoms with Gasteiger partial charge in [-0.2, -0.15) is 0 Å². The van der Waals surface area contributed by atoms with E-state index in [0.29, 0.717) is 43.1 Å². The number of ether oxygens (including phenoxy) is 2. The number of hydrogen-bond acceptors (Lipinski definition) is 3. The molecule has 23 heavy (non-hydrogen) atoms. The Balaban J connectivity index is 2.15. The molecule has 0 fully saturated rings. The van der Waals surface area contributed by atoms with Gasteiger partial charge >= 0.3 is 0 Å². The third-order valence-electron chi connectivity index (χ3n) is 2.92. The summed E-state index contributed by atoms with van der Waals surface area (Å²) >= 11 is 23.3. The SMILES string of the molecule is COc1ccc(NC(=S)Nc2cc(Cl)c(Cl)cc2Cl)c(OC)c1. The molecule has 0 radical (unpaired) electrons. The molecular weight excluding hydrogens is 379 g/mol. The number of thiocarbonyl (C=S) groups is 1. The summed E-state index contributed by atoms with van der Waals surface area (Å²) < 4.78 is 10.5. The first-order chi connectivity index (χ1) is 10.9. The van der Waals surface area contributed by atoms with Crippen molar-refractivity contribution in [3.63, 3.8) is 0 Å². The van der Waals surface area contributed by atoms with Crippen molar-refractivity contribution in [1.82, 2.24) is 0 Å². The number of anilines is 2. The zero-order valence-electron chi connectivity index (χ0n) is 12.2. The van der Waals surface area contributed by atoms with Crippen LogP contribution in [0.3, 0.4) is 0 Å². The van der Waals surface area contributed by atoms with Crippen molar-refractivity contribution in [2.75, 3.05) is 24.9 Å². The summed E-state index contributed by atoms with van der Waals surface area (Å²) in [5.41, 5.74) is 1.23. The van der Waals surface area contributed by atoms with Crippen LogP contribution in [0.2, 0.25) is 15.1 Å². The van der Waals surface area contributed by atoms with Crippen molar-refractivity contribution in [2.45, 2.75) is 0 Å². The molecule has 2 N–H and O–H groups in total. The summed E-state index contributed by atoms with van der Waals surface area (Å²) in [5.74, 6) is 1.27. The maximum Gasteiger partial charge on any atom is 0.175 e. The first kappa shape index (κ1) is 17.9. The fraction of sp³-hybridized carbons (Fsp3) is 0.133. The molecule has 0 unspecified atom stereocenters. The van der Waals surface area contributed by atoms with E-state index in [0.717, 1.165) is 0 Å². The lowest BCUT2D eigenvalue weighted by Gasteiger charge is -2.15. The molecule has 0 atom stereocenters. The van der Waals surface area contributed by atoms with Crippen LogP contribution in [-0.4, -0.2) is 19.3 Å². The molecule has 0 aromatic heterocycles. The zero-order valence-corrected chi connectivity index (χ0v) is 15.3. The highest BCUT2D eigenvalue weighted by Gasteiger charge is 2.10. The second kappa shape index (κ2) is 7.93. The van der Waals surface area contributed by atoms with Gasteiger partial charge in [-0.3, -0.25) is 0 Å². The van der Waals surface area contributed by atoms with Crippen LogP contribution in [-0.2, 0) is 0 Å². The van der Waals surface area contributed by atoms with Crippen LogP contribution >= 0.6 is 47.0 Å². The van der Waals surface area contributed by atoms with Crippen LogP contribution in [0.5, 0.6) is 11.5 Å². The molecular formula is C15H13Cl3N2O2S. The van der Waals surface area contributed by atoms with E-state index in [1.165, 1.54) is 0 Å². The fourth-order valence-electron chi connectivity index (χ4n) is 1.80. The van der Waals surface area contributed by atoms with Crippen molar-refractivity contribution in [3.8, 4) is 11.5 Å². The number of rotatable bonds is 4. The van der Waals surface area contributed by atoms with Crippen LogP contribution in [0.25, 0.3) is 0 Å². The highest BCUT2D eigenvalue weighted by molar-refractivity contribution is 7.80. The van der Waals surface area contributed by atoms with Gasteiger partial charge in [-0.15, -0.1) is 0 Å². The Kier molecular flexibility index (Phi) is 6.18. The minimum atomic E-state index is 0.328. The Morgan fingerprint density at radius 2 is 1.52 bits per heavy atom. The van der Waals surface area contributed by atoms with Gasteiger partial charge in [0.05, 0.1) is 40.7 Å². The van der Waals surface area contributed by atoms with Gasteiger partial charge in [0.2, 0.25) is 0 Å². The molecule has 4 nitrogen and oxygen atoms in total. The summed E-state index contributed by atoms with van der Waals surface area (Å²) in [7, 11) is 3.15.